The van der Waals surface area contributed by atoms with Gasteiger partial charge < -0.3 is 9.47 Å². The number of ether oxygens (including phenoxy) is 2. The lowest BCUT2D eigenvalue weighted by Crippen LogP contribution is -2.15. The monoisotopic (exact) mass is 256 g/mol. The maximum atomic E-state index is 11.1. The smallest absolute Gasteiger partial charge is 0.373 e. The molecule has 0 unspecified atom stereocenters. The van der Waals surface area contributed by atoms with Crippen molar-refractivity contribution in [3.05, 3.63) is 24.3 Å². The molecule has 0 fully saturated rings. The maximum Gasteiger partial charge on any atom is 0.373 e. The fraction of sp³-hybridized carbons (Fsp3) is 0.417. The summed E-state index contributed by atoms with van der Waals surface area (Å²) >= 11 is 0. The molecule has 0 amide bonds. The van der Waals surface area contributed by atoms with Gasteiger partial charge in [-0.2, -0.15) is 9.59 Å². The van der Waals surface area contributed by atoms with E-state index in [9.17, 15) is 9.59 Å². The Morgan fingerprint density at radius 3 is 1.83 bits per heavy atom. The van der Waals surface area contributed by atoms with Crippen LogP contribution in [0.3, 0.4) is 0 Å². The van der Waals surface area contributed by atoms with Gasteiger partial charge in [0, 0.05) is 5.57 Å². The Kier molecular flexibility index (Phi) is 11.4. The van der Waals surface area contributed by atoms with Crippen LogP contribution >= 0.6 is 0 Å². The van der Waals surface area contributed by atoms with E-state index in [1.54, 1.807) is 13.8 Å². The molecule has 0 N–H and O–H groups in total. The van der Waals surface area contributed by atoms with E-state index in [0.29, 0.717) is 12.0 Å². The van der Waals surface area contributed by atoms with Gasteiger partial charge in [-0.1, -0.05) is 20.1 Å². The highest BCUT2D eigenvalue weighted by molar-refractivity contribution is 5.90. The second kappa shape index (κ2) is 11.3. The normalized spacial score (nSPS) is 8.11. The lowest BCUT2D eigenvalue weighted by atomic mass is 10.2. The Balaban J connectivity index is 0. The lowest BCUT2D eigenvalue weighted by molar-refractivity contribution is -0.191. The minimum atomic E-state index is -0.549. The zero-order valence-corrected chi connectivity index (χ0v) is 10.5. The molecule has 0 aromatic carbocycles. The Bertz CT molecular complexity index is 350. The van der Waals surface area contributed by atoms with E-state index in [4.69, 9.17) is 14.3 Å². The number of carbonyl (C=O) groups excluding carboxylic acids is 4. The van der Waals surface area contributed by atoms with E-state index in [1.165, 1.54) is 0 Å². The number of esters is 2. The molecule has 100 valence electrons. The van der Waals surface area contributed by atoms with Crippen LogP contribution in [-0.2, 0) is 28.7 Å². The Labute approximate surface area is 105 Å². The molecule has 0 heterocycles. The van der Waals surface area contributed by atoms with Gasteiger partial charge in [-0.25, -0.2) is 9.59 Å². The topological polar surface area (TPSA) is 86.7 Å². The van der Waals surface area contributed by atoms with Crippen molar-refractivity contribution in [1.82, 2.24) is 0 Å². The fourth-order valence-electron chi connectivity index (χ4n) is 0.691. The summed E-state index contributed by atoms with van der Waals surface area (Å²) in [5, 5.41) is 0. The molecule has 6 nitrogen and oxygen atoms in total. The van der Waals surface area contributed by atoms with Gasteiger partial charge in [-0.15, -0.1) is 0 Å². The fourth-order valence-corrected chi connectivity index (χ4v) is 0.691. The van der Waals surface area contributed by atoms with E-state index in [1.807, 2.05) is 0 Å². The number of carbonyl (C=O) groups is 2. The summed E-state index contributed by atoms with van der Waals surface area (Å²) in [6.45, 7) is 10.6. The molecule has 6 heteroatoms. The summed E-state index contributed by atoms with van der Waals surface area (Å²) in [5.74, 6) is -1.06. The van der Waals surface area contributed by atoms with Crippen molar-refractivity contribution >= 4 is 18.1 Å². The minimum Gasteiger partial charge on any atom is -0.463 e. The average molecular weight is 256 g/mol. The van der Waals surface area contributed by atoms with Crippen LogP contribution in [0.5, 0.6) is 0 Å². The van der Waals surface area contributed by atoms with Crippen LogP contribution in [0.2, 0.25) is 0 Å². The summed E-state index contributed by atoms with van der Waals surface area (Å²) in [6, 6.07) is 0. The highest BCUT2D eigenvalue weighted by Gasteiger charge is 2.11. The van der Waals surface area contributed by atoms with Crippen molar-refractivity contribution in [3.63, 3.8) is 0 Å². The Morgan fingerprint density at radius 2 is 1.44 bits per heavy atom. The van der Waals surface area contributed by atoms with Gasteiger partial charge in [0.25, 0.3) is 0 Å². The Morgan fingerprint density at radius 1 is 1.00 bits per heavy atom. The summed E-state index contributed by atoms with van der Waals surface area (Å²) in [7, 11) is 0. The molecule has 0 rings (SSSR count). The number of hydrogen-bond donors (Lipinski definition) is 0. The third-order valence-electron chi connectivity index (χ3n) is 1.66. The summed E-state index contributed by atoms with van der Waals surface area (Å²) in [5.41, 5.74) is 0.487. The maximum absolute atomic E-state index is 11.1. The summed E-state index contributed by atoms with van der Waals surface area (Å²) in [4.78, 5) is 38.5. The number of rotatable bonds is 6. The molecule has 0 aliphatic carbocycles. The van der Waals surface area contributed by atoms with Crippen molar-refractivity contribution in [3.8, 4) is 0 Å². The summed E-state index contributed by atoms with van der Waals surface area (Å²) in [6.07, 6.45) is 0.769. The average Bonchev–Trinajstić information content (AvgIpc) is 2.35. The zero-order valence-electron chi connectivity index (χ0n) is 10.5. The van der Waals surface area contributed by atoms with Crippen LogP contribution in [0.4, 0.5) is 0 Å². The van der Waals surface area contributed by atoms with Crippen molar-refractivity contribution in [2.24, 2.45) is 0 Å². The SMILES string of the molecule is C=C(CC)C(=O)OCC(=C)C(=O)OCC.O=C=O. The highest BCUT2D eigenvalue weighted by Crippen LogP contribution is 2.02. The van der Waals surface area contributed by atoms with Crippen molar-refractivity contribution < 1.29 is 28.7 Å². The molecule has 0 bridgehead atoms. The largest absolute Gasteiger partial charge is 0.463 e. The highest BCUT2D eigenvalue weighted by atomic mass is 16.5. The van der Waals surface area contributed by atoms with Crippen LogP contribution in [-0.4, -0.2) is 31.3 Å². The molecule has 0 aliphatic rings. The molecule has 0 saturated heterocycles. The number of hydrogen-bond acceptors (Lipinski definition) is 6. The van der Waals surface area contributed by atoms with Crippen molar-refractivity contribution in [1.29, 1.82) is 0 Å². The van der Waals surface area contributed by atoms with Crippen molar-refractivity contribution in [2.75, 3.05) is 13.2 Å². The molecule has 0 spiro atoms. The standard InChI is InChI=1S/C11H16O4.CO2/c1-5-8(3)10(12)15-7-9(4)11(13)14-6-2;2-1-3/h3-7H2,1-2H3;. The van der Waals surface area contributed by atoms with Gasteiger partial charge in [0.1, 0.15) is 6.61 Å². The molecule has 0 aromatic heterocycles. The third-order valence-corrected chi connectivity index (χ3v) is 1.66. The van der Waals surface area contributed by atoms with Gasteiger partial charge in [0.05, 0.1) is 12.2 Å². The first-order valence-corrected chi connectivity index (χ1v) is 5.13. The molecule has 0 atom stereocenters. The first-order chi connectivity index (χ1) is 8.44. The first kappa shape index (κ1) is 18.2. The molecular weight excluding hydrogens is 240 g/mol. The quantitative estimate of drug-likeness (QED) is 0.521. The first-order valence-electron chi connectivity index (χ1n) is 5.13. The third kappa shape index (κ3) is 9.06. The van der Waals surface area contributed by atoms with Crippen LogP contribution < -0.4 is 0 Å². The van der Waals surface area contributed by atoms with E-state index < -0.39 is 11.9 Å². The van der Waals surface area contributed by atoms with E-state index in [0.717, 1.165) is 0 Å². The van der Waals surface area contributed by atoms with Crippen LogP contribution in [0.1, 0.15) is 20.3 Å². The molecule has 0 aliphatic heterocycles. The molecule has 0 saturated carbocycles. The van der Waals surface area contributed by atoms with E-state index in [2.05, 4.69) is 17.9 Å². The second-order valence-corrected chi connectivity index (χ2v) is 2.94. The zero-order chi connectivity index (χ0) is 14.6. The van der Waals surface area contributed by atoms with Crippen LogP contribution in [0.15, 0.2) is 24.3 Å². The molecule has 0 aromatic rings. The minimum absolute atomic E-state index is 0.120. The van der Waals surface area contributed by atoms with Crippen LogP contribution in [0.25, 0.3) is 0 Å². The van der Waals surface area contributed by atoms with E-state index in [-0.39, 0.29) is 24.9 Å². The lowest BCUT2D eigenvalue weighted by Gasteiger charge is -2.07. The molecule has 18 heavy (non-hydrogen) atoms. The van der Waals surface area contributed by atoms with Crippen molar-refractivity contribution in [2.45, 2.75) is 20.3 Å². The molecule has 0 radical (unpaired) electrons. The van der Waals surface area contributed by atoms with E-state index >= 15 is 0 Å². The predicted molar refractivity (Wildman–Crippen MR) is 61.2 cm³/mol. The Hall–Kier alpha value is -2.20. The van der Waals surface area contributed by atoms with Gasteiger partial charge in [-0.3, -0.25) is 0 Å². The second-order valence-electron chi connectivity index (χ2n) is 2.94. The molecular formula is C12H16O6. The summed E-state index contributed by atoms with van der Waals surface area (Å²) < 4.78 is 9.46. The predicted octanol–water partition coefficient (Wildman–Crippen LogP) is 1.03. The van der Waals surface area contributed by atoms with Gasteiger partial charge in [0.15, 0.2) is 0 Å². The van der Waals surface area contributed by atoms with Gasteiger partial charge in [-0.05, 0) is 13.3 Å². The van der Waals surface area contributed by atoms with Gasteiger partial charge >= 0.3 is 18.1 Å². The van der Waals surface area contributed by atoms with Crippen LogP contribution in [0, 0.1) is 0 Å². The van der Waals surface area contributed by atoms with Gasteiger partial charge in [0.2, 0.25) is 0 Å².